The number of rotatable bonds is 4. The second-order valence-electron chi connectivity index (χ2n) is 7.62. The number of benzene rings is 1. The minimum Gasteiger partial charge on any atom is -0.369 e. The topological polar surface area (TPSA) is 94.9 Å². The summed E-state index contributed by atoms with van der Waals surface area (Å²) in [4.78, 5) is 8.81. The van der Waals surface area contributed by atoms with Crippen LogP contribution in [0.1, 0.15) is 31.2 Å². The molecule has 8 heteroatoms. The number of anilines is 1. The molecule has 3 aliphatic heterocycles. The van der Waals surface area contributed by atoms with Crippen molar-refractivity contribution in [2.45, 2.75) is 31.5 Å². The third kappa shape index (κ3) is 3.49. The largest absolute Gasteiger partial charge is 0.369 e. The molecule has 2 fully saturated rings. The molecule has 0 radical (unpaired) electrons. The second kappa shape index (κ2) is 7.02. The fourth-order valence-corrected chi connectivity index (χ4v) is 4.23. The van der Waals surface area contributed by atoms with Gasteiger partial charge in [0.05, 0.1) is 5.69 Å². The van der Waals surface area contributed by atoms with Crippen molar-refractivity contribution < 1.29 is 4.39 Å². The first-order valence-corrected chi connectivity index (χ1v) is 9.48. The summed E-state index contributed by atoms with van der Waals surface area (Å²) < 4.78 is 14.7. The second-order valence-corrected chi connectivity index (χ2v) is 7.62. The van der Waals surface area contributed by atoms with Crippen LogP contribution in [0.2, 0.25) is 0 Å². The molecule has 26 heavy (non-hydrogen) atoms. The minimum atomic E-state index is -1.23. The maximum atomic E-state index is 14.7. The van der Waals surface area contributed by atoms with Crippen LogP contribution in [0.15, 0.2) is 23.2 Å². The normalized spacial score (nSPS) is 27.6. The molecule has 3 heterocycles. The monoisotopic (exact) mass is 361 g/mol. The highest BCUT2D eigenvalue weighted by Gasteiger charge is 2.32. The average Bonchev–Trinajstić information content (AvgIpc) is 3.26. The minimum absolute atomic E-state index is 0.192. The maximum absolute atomic E-state index is 14.7. The molecular formula is C18H28FN7. The Morgan fingerprint density at radius 3 is 2.54 bits per heavy atom. The Kier molecular flexibility index (Phi) is 4.73. The van der Waals surface area contributed by atoms with E-state index in [4.69, 9.17) is 11.5 Å². The summed E-state index contributed by atoms with van der Waals surface area (Å²) in [6.07, 6.45) is 4.90. The zero-order valence-electron chi connectivity index (χ0n) is 15.0. The summed E-state index contributed by atoms with van der Waals surface area (Å²) >= 11 is 0. The van der Waals surface area contributed by atoms with E-state index < -0.39 is 5.79 Å². The molecular weight excluding hydrogens is 333 g/mol. The third-order valence-corrected chi connectivity index (χ3v) is 5.74. The summed E-state index contributed by atoms with van der Waals surface area (Å²) in [6.45, 7) is 5.48. The van der Waals surface area contributed by atoms with Crippen LogP contribution >= 0.6 is 0 Å². The highest BCUT2D eigenvalue weighted by Crippen LogP contribution is 2.29. The van der Waals surface area contributed by atoms with E-state index in [2.05, 4.69) is 25.6 Å². The number of hydrogen-bond acceptors (Lipinski definition) is 7. The van der Waals surface area contributed by atoms with Gasteiger partial charge in [-0.2, -0.15) is 5.43 Å². The van der Waals surface area contributed by atoms with E-state index in [9.17, 15) is 4.39 Å². The molecule has 6 N–H and O–H groups in total. The van der Waals surface area contributed by atoms with Gasteiger partial charge >= 0.3 is 0 Å². The lowest BCUT2D eigenvalue weighted by Crippen LogP contribution is -2.50. The molecule has 0 amide bonds. The molecule has 2 saturated heterocycles. The van der Waals surface area contributed by atoms with Crippen molar-refractivity contribution in [3.8, 4) is 0 Å². The Labute approximate surface area is 153 Å². The molecule has 0 bridgehead atoms. The lowest BCUT2D eigenvalue weighted by molar-refractivity contribution is 0.249. The lowest BCUT2D eigenvalue weighted by atomic mass is 9.95. The number of piperidine rings is 1. The van der Waals surface area contributed by atoms with Gasteiger partial charge in [0, 0.05) is 25.2 Å². The zero-order chi connectivity index (χ0) is 18.1. The lowest BCUT2D eigenvalue weighted by Gasteiger charge is -2.35. The summed E-state index contributed by atoms with van der Waals surface area (Å²) in [5.41, 5.74) is 18.3. The van der Waals surface area contributed by atoms with Gasteiger partial charge in [0.15, 0.2) is 0 Å². The third-order valence-electron chi connectivity index (χ3n) is 5.74. The van der Waals surface area contributed by atoms with Gasteiger partial charge in [-0.1, -0.05) is 6.07 Å². The van der Waals surface area contributed by atoms with E-state index in [0.717, 1.165) is 31.8 Å². The molecule has 3 aliphatic rings. The van der Waals surface area contributed by atoms with E-state index >= 15 is 0 Å². The molecule has 7 nitrogen and oxygen atoms in total. The Morgan fingerprint density at radius 1 is 1.19 bits per heavy atom. The predicted molar refractivity (Wildman–Crippen MR) is 101 cm³/mol. The van der Waals surface area contributed by atoms with Crippen molar-refractivity contribution in [2.24, 2.45) is 22.4 Å². The Balaban J connectivity index is 1.39. The number of halogens is 1. The van der Waals surface area contributed by atoms with Crippen LogP contribution in [-0.2, 0) is 5.79 Å². The van der Waals surface area contributed by atoms with Gasteiger partial charge in [0.1, 0.15) is 5.82 Å². The fourth-order valence-electron chi connectivity index (χ4n) is 4.23. The van der Waals surface area contributed by atoms with Gasteiger partial charge in [0.2, 0.25) is 11.7 Å². The molecule has 0 spiro atoms. The number of likely N-dealkylation sites (tertiary alicyclic amines) is 1. The first-order valence-electron chi connectivity index (χ1n) is 9.48. The van der Waals surface area contributed by atoms with E-state index in [1.165, 1.54) is 38.5 Å². The van der Waals surface area contributed by atoms with Gasteiger partial charge in [-0.15, -0.1) is 0 Å². The van der Waals surface area contributed by atoms with Crippen molar-refractivity contribution in [3.05, 3.63) is 29.6 Å². The van der Waals surface area contributed by atoms with E-state index in [-0.39, 0.29) is 11.8 Å². The first kappa shape index (κ1) is 17.5. The Hall–Kier alpha value is -1.90. The van der Waals surface area contributed by atoms with Crippen LogP contribution in [-0.4, -0.2) is 43.6 Å². The van der Waals surface area contributed by atoms with Gasteiger partial charge in [0.25, 0.3) is 0 Å². The predicted octanol–water partition coefficient (Wildman–Crippen LogP) is 0.629. The Morgan fingerprint density at radius 2 is 1.92 bits per heavy atom. The highest BCUT2D eigenvalue weighted by molar-refractivity contribution is 5.79. The highest BCUT2D eigenvalue weighted by atomic mass is 19.1. The number of aliphatic imine (C=N–C) groups is 1. The number of hydrogen-bond donors (Lipinski definition) is 4. The van der Waals surface area contributed by atoms with Crippen molar-refractivity contribution >= 4 is 11.6 Å². The average molecular weight is 361 g/mol. The number of hydrazine groups is 1. The van der Waals surface area contributed by atoms with Gasteiger partial charge in [-0.05, 0) is 56.8 Å². The molecule has 0 aromatic heterocycles. The van der Waals surface area contributed by atoms with Crippen LogP contribution in [0.25, 0.3) is 0 Å². The number of nitrogens with two attached hydrogens (primary N) is 2. The van der Waals surface area contributed by atoms with Gasteiger partial charge in [-0.25, -0.2) is 9.38 Å². The van der Waals surface area contributed by atoms with Crippen molar-refractivity contribution in [1.82, 2.24) is 15.8 Å². The van der Waals surface area contributed by atoms with Crippen molar-refractivity contribution in [3.63, 3.8) is 0 Å². The van der Waals surface area contributed by atoms with Crippen LogP contribution in [0.4, 0.5) is 10.1 Å². The van der Waals surface area contributed by atoms with Crippen LogP contribution in [0, 0.1) is 11.7 Å². The summed E-state index contributed by atoms with van der Waals surface area (Å²) in [7, 11) is 0. The van der Waals surface area contributed by atoms with Gasteiger partial charge < -0.3 is 15.5 Å². The van der Waals surface area contributed by atoms with Gasteiger partial charge in [-0.3, -0.25) is 11.2 Å². The molecule has 1 atom stereocenters. The quantitative estimate of drug-likeness (QED) is 0.628. The smallest absolute Gasteiger partial charge is 0.209 e. The van der Waals surface area contributed by atoms with Crippen LogP contribution in [0.5, 0.6) is 0 Å². The molecule has 4 rings (SSSR count). The van der Waals surface area contributed by atoms with E-state index in [1.54, 1.807) is 6.07 Å². The van der Waals surface area contributed by atoms with Crippen molar-refractivity contribution in [1.29, 1.82) is 0 Å². The molecule has 1 aromatic carbocycles. The summed E-state index contributed by atoms with van der Waals surface area (Å²) in [5, 5.41) is 0. The molecule has 1 aromatic rings. The van der Waals surface area contributed by atoms with E-state index in [0.29, 0.717) is 11.3 Å². The molecule has 0 aliphatic carbocycles. The van der Waals surface area contributed by atoms with Crippen LogP contribution in [0.3, 0.4) is 0 Å². The van der Waals surface area contributed by atoms with E-state index in [1.807, 2.05) is 6.07 Å². The number of nitrogens with one attached hydrogen (secondary N) is 2. The summed E-state index contributed by atoms with van der Waals surface area (Å²) in [5.74, 6) is -0.582. The molecule has 142 valence electrons. The standard InChI is InChI=1S/C18H28FN7/c19-15-11-14(18(21)22-17(20)23-24-18)3-4-16(15)26-9-5-13(6-10-26)12-25-7-1-2-8-25/h3-4,11,13,24H,1-2,5-10,12,21H2,(H3,20,22,23). The van der Waals surface area contributed by atoms with Crippen LogP contribution < -0.4 is 27.2 Å². The Bertz CT molecular complexity index is 680. The van der Waals surface area contributed by atoms with Crippen molar-refractivity contribution in [2.75, 3.05) is 37.6 Å². The fraction of sp³-hybridized carbons (Fsp3) is 0.611. The molecule has 1 unspecified atom stereocenters. The molecule has 0 saturated carbocycles. The zero-order valence-corrected chi connectivity index (χ0v) is 15.0. The summed E-state index contributed by atoms with van der Waals surface area (Å²) in [6, 6.07) is 5.06. The SMILES string of the molecule is NC1=NC(N)(c2ccc(N3CCC(CN4CCCC4)CC3)c(F)c2)NN1. The maximum Gasteiger partial charge on any atom is 0.209 e. The number of nitrogens with zero attached hydrogens (tertiary/aromatic N) is 3. The number of guanidine groups is 1. The first-order chi connectivity index (χ1) is 12.5.